The van der Waals surface area contributed by atoms with Crippen molar-refractivity contribution in [1.82, 2.24) is 0 Å². The van der Waals surface area contributed by atoms with Crippen LogP contribution >= 0.6 is 0 Å². The fourth-order valence-electron chi connectivity index (χ4n) is 1.49. The number of ether oxygens (including phenoxy) is 2. The lowest BCUT2D eigenvalue weighted by atomic mass is 9.96. The van der Waals surface area contributed by atoms with E-state index in [-0.39, 0.29) is 29.1 Å². The van der Waals surface area contributed by atoms with E-state index in [1.807, 2.05) is 0 Å². The Labute approximate surface area is 136 Å². The van der Waals surface area contributed by atoms with Crippen LogP contribution < -0.4 is 0 Å². The third-order valence-corrected chi connectivity index (χ3v) is 3.07. The van der Waals surface area contributed by atoms with Gasteiger partial charge in [0.1, 0.15) is 0 Å². The molecule has 6 nitrogen and oxygen atoms in total. The average molecular weight is 324 g/mol. The molecule has 0 bridgehead atoms. The van der Waals surface area contributed by atoms with E-state index >= 15 is 0 Å². The van der Waals surface area contributed by atoms with Gasteiger partial charge < -0.3 is 14.6 Å². The molecule has 0 saturated carbocycles. The molecule has 128 valence electrons. The van der Waals surface area contributed by atoms with Crippen LogP contribution in [0.5, 0.6) is 0 Å². The van der Waals surface area contributed by atoms with Crippen LogP contribution in [-0.4, -0.2) is 29.3 Å². The number of aliphatic hydroxyl groups is 1. The van der Waals surface area contributed by atoms with Crippen LogP contribution in [0.25, 0.3) is 0 Å². The zero-order chi connectivity index (χ0) is 18.2. The zero-order valence-electron chi connectivity index (χ0n) is 13.9. The van der Waals surface area contributed by atoms with Crippen molar-refractivity contribution in [3.8, 4) is 0 Å². The predicted octanol–water partition coefficient (Wildman–Crippen LogP) is 2.43. The summed E-state index contributed by atoms with van der Waals surface area (Å²) in [7, 11) is 0. The van der Waals surface area contributed by atoms with Crippen LogP contribution in [0.4, 0.5) is 0 Å². The summed E-state index contributed by atoms with van der Waals surface area (Å²) in [5, 5.41) is 9.56. The van der Waals surface area contributed by atoms with Gasteiger partial charge >= 0.3 is 17.9 Å². The summed E-state index contributed by atoms with van der Waals surface area (Å²) in [6.07, 6.45) is -0.00334. The van der Waals surface area contributed by atoms with E-state index in [9.17, 15) is 19.5 Å². The Kier molecular flexibility index (Phi) is 8.80. The van der Waals surface area contributed by atoms with Gasteiger partial charge in [-0.05, 0) is 32.6 Å². The third-order valence-electron chi connectivity index (χ3n) is 3.07. The standard InChI is InChI=1S/C17H24O6/c1-10(2)15(19)22-14(18)9-7-8-12(5)13(6)17(21)23-16(20)11(3)4/h12,14,18H,1,3,6-9H2,2,4-5H3. The normalized spacial score (nSPS) is 12.7. The average Bonchev–Trinajstić information content (AvgIpc) is 2.45. The molecule has 1 N–H and O–H groups in total. The first kappa shape index (κ1) is 20.8. The van der Waals surface area contributed by atoms with Crippen molar-refractivity contribution in [2.45, 2.75) is 46.3 Å². The Hall–Kier alpha value is -2.21. The third kappa shape index (κ3) is 8.11. The fourth-order valence-corrected chi connectivity index (χ4v) is 1.49. The summed E-state index contributed by atoms with van der Waals surface area (Å²) in [6.45, 7) is 15.1. The zero-order valence-corrected chi connectivity index (χ0v) is 13.9. The van der Waals surface area contributed by atoms with Gasteiger partial charge in [-0.25, -0.2) is 14.4 Å². The topological polar surface area (TPSA) is 89.9 Å². The Bertz CT molecular complexity index is 517. The summed E-state index contributed by atoms with van der Waals surface area (Å²) in [5.41, 5.74) is 0.491. The van der Waals surface area contributed by atoms with Crippen LogP contribution in [0.3, 0.4) is 0 Å². The number of hydrogen-bond donors (Lipinski definition) is 1. The molecule has 0 aromatic rings. The minimum absolute atomic E-state index is 0.126. The lowest BCUT2D eigenvalue weighted by molar-refractivity contribution is -0.163. The van der Waals surface area contributed by atoms with Crippen molar-refractivity contribution in [3.63, 3.8) is 0 Å². The number of esters is 3. The molecule has 0 heterocycles. The first-order valence-electron chi connectivity index (χ1n) is 7.21. The number of carbonyl (C=O) groups is 3. The Morgan fingerprint density at radius 2 is 1.48 bits per heavy atom. The largest absolute Gasteiger partial charge is 0.433 e. The first-order valence-corrected chi connectivity index (χ1v) is 7.21. The van der Waals surface area contributed by atoms with Gasteiger partial charge in [0.25, 0.3) is 0 Å². The highest BCUT2D eigenvalue weighted by Gasteiger charge is 2.20. The molecule has 0 amide bonds. The molecule has 0 fully saturated rings. The van der Waals surface area contributed by atoms with E-state index < -0.39 is 24.2 Å². The van der Waals surface area contributed by atoms with E-state index in [0.29, 0.717) is 12.8 Å². The van der Waals surface area contributed by atoms with Crippen molar-refractivity contribution in [1.29, 1.82) is 0 Å². The van der Waals surface area contributed by atoms with E-state index in [1.54, 1.807) is 6.92 Å². The second kappa shape index (κ2) is 9.74. The van der Waals surface area contributed by atoms with Crippen molar-refractivity contribution in [3.05, 3.63) is 36.5 Å². The van der Waals surface area contributed by atoms with Crippen LogP contribution in [0.2, 0.25) is 0 Å². The number of aliphatic hydroxyl groups excluding tert-OH is 1. The van der Waals surface area contributed by atoms with E-state index in [2.05, 4.69) is 24.5 Å². The molecule has 0 aliphatic heterocycles. The summed E-state index contributed by atoms with van der Waals surface area (Å²) < 4.78 is 9.32. The summed E-state index contributed by atoms with van der Waals surface area (Å²) in [4.78, 5) is 34.2. The van der Waals surface area contributed by atoms with Crippen molar-refractivity contribution >= 4 is 17.9 Å². The quantitative estimate of drug-likeness (QED) is 0.303. The molecule has 0 aromatic heterocycles. The van der Waals surface area contributed by atoms with Gasteiger partial charge in [-0.3, -0.25) is 0 Å². The molecule has 0 radical (unpaired) electrons. The minimum atomic E-state index is -1.23. The van der Waals surface area contributed by atoms with Gasteiger partial charge in [-0.1, -0.05) is 26.7 Å². The van der Waals surface area contributed by atoms with Crippen molar-refractivity contribution in [2.24, 2.45) is 5.92 Å². The summed E-state index contributed by atoms with van der Waals surface area (Å²) in [6, 6.07) is 0. The lowest BCUT2D eigenvalue weighted by Gasteiger charge is -2.15. The minimum Gasteiger partial charge on any atom is -0.433 e. The Morgan fingerprint density at radius 3 is 1.96 bits per heavy atom. The van der Waals surface area contributed by atoms with Crippen LogP contribution in [-0.2, 0) is 23.9 Å². The van der Waals surface area contributed by atoms with E-state index in [0.717, 1.165) is 0 Å². The highest BCUT2D eigenvalue weighted by molar-refractivity contribution is 6.01. The second-order valence-electron chi connectivity index (χ2n) is 5.45. The van der Waals surface area contributed by atoms with Crippen molar-refractivity contribution < 1.29 is 29.0 Å². The Balaban J connectivity index is 4.21. The van der Waals surface area contributed by atoms with Crippen LogP contribution in [0, 0.1) is 5.92 Å². The molecule has 0 spiro atoms. The van der Waals surface area contributed by atoms with Gasteiger partial charge in [-0.15, -0.1) is 0 Å². The molecule has 2 atom stereocenters. The molecule has 0 rings (SSSR count). The molecule has 23 heavy (non-hydrogen) atoms. The van der Waals surface area contributed by atoms with E-state index in [1.165, 1.54) is 13.8 Å². The second-order valence-corrected chi connectivity index (χ2v) is 5.45. The molecule has 6 heteroatoms. The van der Waals surface area contributed by atoms with Gasteiger partial charge in [0.05, 0.1) is 0 Å². The number of rotatable bonds is 9. The van der Waals surface area contributed by atoms with Gasteiger partial charge in [-0.2, -0.15) is 0 Å². The highest BCUT2D eigenvalue weighted by Crippen LogP contribution is 2.19. The monoisotopic (exact) mass is 324 g/mol. The maximum Gasteiger partial charge on any atom is 0.341 e. The predicted molar refractivity (Wildman–Crippen MR) is 85.0 cm³/mol. The summed E-state index contributed by atoms with van der Waals surface area (Å²) >= 11 is 0. The number of carbonyl (C=O) groups excluding carboxylic acids is 3. The smallest absolute Gasteiger partial charge is 0.341 e. The first-order chi connectivity index (χ1) is 10.6. The summed E-state index contributed by atoms with van der Waals surface area (Å²) in [5.74, 6) is -2.48. The molecular formula is C17H24O6. The molecule has 0 aliphatic carbocycles. The molecular weight excluding hydrogens is 300 g/mol. The van der Waals surface area contributed by atoms with E-state index in [4.69, 9.17) is 4.74 Å². The van der Waals surface area contributed by atoms with Gasteiger partial charge in [0.15, 0.2) is 0 Å². The molecule has 0 saturated heterocycles. The number of hydrogen-bond acceptors (Lipinski definition) is 6. The SMILES string of the molecule is C=C(C)C(=O)OC(=O)C(=C)C(C)CCCC(O)OC(=O)C(=C)C. The maximum absolute atomic E-state index is 11.7. The maximum atomic E-state index is 11.7. The Morgan fingerprint density at radius 1 is 0.957 bits per heavy atom. The van der Waals surface area contributed by atoms with Crippen LogP contribution in [0.1, 0.15) is 40.0 Å². The fraction of sp³-hybridized carbons (Fsp3) is 0.471. The molecule has 0 aliphatic rings. The van der Waals surface area contributed by atoms with Crippen molar-refractivity contribution in [2.75, 3.05) is 0 Å². The molecule has 2 unspecified atom stereocenters. The van der Waals surface area contributed by atoms with Crippen LogP contribution in [0.15, 0.2) is 36.5 Å². The van der Waals surface area contributed by atoms with Gasteiger partial charge in [0.2, 0.25) is 6.29 Å². The highest BCUT2D eigenvalue weighted by atomic mass is 16.6. The molecule has 0 aromatic carbocycles. The lowest BCUT2D eigenvalue weighted by Crippen LogP contribution is -2.19. The van der Waals surface area contributed by atoms with Gasteiger partial charge in [0, 0.05) is 23.1 Å².